The van der Waals surface area contributed by atoms with Crippen molar-refractivity contribution in [1.29, 1.82) is 0 Å². The molecule has 1 heterocycles. The van der Waals surface area contributed by atoms with E-state index in [9.17, 15) is 14.4 Å². The highest BCUT2D eigenvalue weighted by atomic mass is 16.6. The molecule has 2 rings (SSSR count). The number of carbonyl (C=O) groups is 3. The van der Waals surface area contributed by atoms with Crippen molar-refractivity contribution in [3.8, 4) is 5.75 Å². The van der Waals surface area contributed by atoms with Gasteiger partial charge in [-0.25, -0.2) is 4.79 Å². The van der Waals surface area contributed by atoms with Crippen molar-refractivity contribution in [3.63, 3.8) is 0 Å². The first kappa shape index (κ1) is 24.2. The molecule has 0 radical (unpaired) electrons. The van der Waals surface area contributed by atoms with Crippen molar-refractivity contribution in [3.05, 3.63) is 40.6 Å². The third-order valence-electron chi connectivity index (χ3n) is 5.09. The van der Waals surface area contributed by atoms with Crippen LogP contribution in [-0.2, 0) is 33.7 Å². The number of carboxylic acids is 1. The molecule has 8 nitrogen and oxygen atoms in total. The number of rotatable bonds is 11. The highest BCUT2D eigenvalue weighted by Gasteiger charge is 2.26. The number of aryl methyl sites for hydroxylation is 1. The fraction of sp³-hybridized carbons (Fsp3) is 0.522. The Balaban J connectivity index is 2.18. The zero-order valence-corrected chi connectivity index (χ0v) is 18.5. The Morgan fingerprint density at radius 1 is 1.26 bits per heavy atom. The molecule has 0 aromatic heterocycles. The number of hydrogen-bond acceptors (Lipinski definition) is 5. The molecule has 2 N–H and O–H groups in total. The Kier molecular flexibility index (Phi) is 9.37. The van der Waals surface area contributed by atoms with Crippen molar-refractivity contribution in [2.75, 3.05) is 19.8 Å². The molecule has 170 valence electrons. The molecule has 31 heavy (non-hydrogen) atoms. The largest absolute Gasteiger partial charge is 0.493 e. The molecule has 0 atom stereocenters. The molecule has 0 spiro atoms. The fourth-order valence-electron chi connectivity index (χ4n) is 3.45. The van der Waals surface area contributed by atoms with Gasteiger partial charge in [0.05, 0.1) is 13.2 Å². The zero-order valence-electron chi connectivity index (χ0n) is 18.5. The molecule has 0 aliphatic carbocycles. The number of ether oxygens (including phenoxy) is 2. The Bertz CT molecular complexity index is 819. The third kappa shape index (κ3) is 7.31. The number of carboxylic acid groups (broad SMARTS) is 1. The summed E-state index contributed by atoms with van der Waals surface area (Å²) in [5.74, 6) is 0.119. The van der Waals surface area contributed by atoms with Crippen LogP contribution >= 0.6 is 0 Å². The highest BCUT2D eigenvalue weighted by Crippen LogP contribution is 2.32. The molecule has 0 bridgehead atoms. The minimum atomic E-state index is -0.861. The second-order valence-corrected chi connectivity index (χ2v) is 7.89. The number of fused-ring (bicyclic) bond motifs is 1. The van der Waals surface area contributed by atoms with E-state index < -0.39 is 5.97 Å². The Labute approximate surface area is 183 Å². The quantitative estimate of drug-likeness (QED) is 0.520. The van der Waals surface area contributed by atoms with Gasteiger partial charge in [-0.1, -0.05) is 26.0 Å². The number of hydrogen-bond donors (Lipinski definition) is 2. The van der Waals surface area contributed by atoms with Crippen LogP contribution in [0.5, 0.6) is 5.75 Å². The number of carbonyl (C=O) groups excluding carboxylic acids is 2. The summed E-state index contributed by atoms with van der Waals surface area (Å²) in [6.07, 6.45) is 3.67. The predicted octanol–water partition coefficient (Wildman–Crippen LogP) is 3.27. The summed E-state index contributed by atoms with van der Waals surface area (Å²) in [5.41, 5.74) is 3.62. The van der Waals surface area contributed by atoms with Gasteiger partial charge in [0.15, 0.2) is 0 Å². The minimum Gasteiger partial charge on any atom is -0.493 e. The number of nitrogens with one attached hydrogen (secondary N) is 1. The van der Waals surface area contributed by atoms with Gasteiger partial charge >= 0.3 is 12.1 Å². The lowest BCUT2D eigenvalue weighted by Crippen LogP contribution is -2.37. The van der Waals surface area contributed by atoms with Crippen molar-refractivity contribution in [1.82, 2.24) is 10.2 Å². The molecule has 0 unspecified atom stereocenters. The Morgan fingerprint density at radius 2 is 2.03 bits per heavy atom. The molecule has 8 heteroatoms. The topological polar surface area (TPSA) is 105 Å². The zero-order chi connectivity index (χ0) is 22.8. The third-order valence-corrected chi connectivity index (χ3v) is 5.09. The van der Waals surface area contributed by atoms with Crippen LogP contribution in [0.2, 0.25) is 0 Å². The SMILES string of the molecule is C/C=C(\CCOc1ccc(CCC(=O)O)c2c1CCN(C(=O)OCC(C)C)C2)NC=O. The summed E-state index contributed by atoms with van der Waals surface area (Å²) in [5, 5.41) is 11.7. The van der Waals surface area contributed by atoms with Gasteiger partial charge in [-0.3, -0.25) is 9.59 Å². The first-order valence-corrected chi connectivity index (χ1v) is 10.6. The van der Waals surface area contributed by atoms with Crippen LogP contribution in [0.25, 0.3) is 0 Å². The fourth-order valence-corrected chi connectivity index (χ4v) is 3.45. The van der Waals surface area contributed by atoms with Gasteiger partial charge in [-0.15, -0.1) is 0 Å². The Hall–Kier alpha value is -3.03. The summed E-state index contributed by atoms with van der Waals surface area (Å²) in [6.45, 7) is 7.44. The molecule has 1 aromatic rings. The molecular weight excluding hydrogens is 400 g/mol. The lowest BCUT2D eigenvalue weighted by molar-refractivity contribution is -0.137. The lowest BCUT2D eigenvalue weighted by Gasteiger charge is -2.31. The van der Waals surface area contributed by atoms with Crippen LogP contribution in [0, 0.1) is 5.92 Å². The average molecular weight is 433 g/mol. The number of amides is 2. The van der Waals surface area contributed by atoms with E-state index in [0.29, 0.717) is 52.0 Å². The lowest BCUT2D eigenvalue weighted by atomic mass is 9.92. The van der Waals surface area contributed by atoms with E-state index in [1.54, 1.807) is 4.90 Å². The van der Waals surface area contributed by atoms with Gasteiger partial charge in [0.1, 0.15) is 5.75 Å². The molecule has 0 saturated carbocycles. The van der Waals surface area contributed by atoms with Crippen molar-refractivity contribution < 1.29 is 29.0 Å². The smallest absolute Gasteiger partial charge is 0.410 e. The molecule has 1 aliphatic heterocycles. The highest BCUT2D eigenvalue weighted by molar-refractivity contribution is 5.69. The first-order valence-electron chi connectivity index (χ1n) is 10.6. The number of nitrogens with zero attached hydrogens (tertiary/aromatic N) is 1. The molecule has 2 amide bonds. The van der Waals surface area contributed by atoms with Crippen molar-refractivity contribution in [2.24, 2.45) is 5.92 Å². The second kappa shape index (κ2) is 12.0. The van der Waals surface area contributed by atoms with Crippen molar-refractivity contribution >= 4 is 18.5 Å². The number of aliphatic carboxylic acids is 1. The minimum absolute atomic E-state index is 0.0203. The maximum atomic E-state index is 12.5. The van der Waals surface area contributed by atoms with Crippen LogP contribution in [0.15, 0.2) is 23.9 Å². The maximum Gasteiger partial charge on any atom is 0.410 e. The summed E-state index contributed by atoms with van der Waals surface area (Å²) in [4.78, 5) is 35.8. The van der Waals surface area contributed by atoms with Crippen LogP contribution in [-0.4, -0.2) is 48.2 Å². The summed E-state index contributed by atoms with van der Waals surface area (Å²) in [7, 11) is 0. The molecule has 1 aliphatic rings. The van der Waals surface area contributed by atoms with E-state index >= 15 is 0 Å². The van der Waals surface area contributed by atoms with Crippen LogP contribution < -0.4 is 10.1 Å². The molecule has 0 fully saturated rings. The van der Waals surface area contributed by atoms with E-state index in [4.69, 9.17) is 14.6 Å². The van der Waals surface area contributed by atoms with Gasteiger partial charge in [0.25, 0.3) is 0 Å². The first-order chi connectivity index (χ1) is 14.8. The number of benzene rings is 1. The summed E-state index contributed by atoms with van der Waals surface area (Å²) < 4.78 is 11.4. The Morgan fingerprint density at radius 3 is 2.68 bits per heavy atom. The normalized spacial score (nSPS) is 13.5. The molecular formula is C23H32N2O6. The monoisotopic (exact) mass is 432 g/mol. The van der Waals surface area contributed by atoms with Gasteiger partial charge in [0.2, 0.25) is 6.41 Å². The van der Waals surface area contributed by atoms with Gasteiger partial charge < -0.3 is 24.8 Å². The van der Waals surface area contributed by atoms with E-state index in [1.165, 1.54) is 0 Å². The maximum absolute atomic E-state index is 12.5. The van der Waals surface area contributed by atoms with E-state index in [1.807, 2.05) is 39.0 Å². The molecule has 0 saturated heterocycles. The van der Waals surface area contributed by atoms with Gasteiger partial charge in [0, 0.05) is 37.2 Å². The predicted molar refractivity (Wildman–Crippen MR) is 116 cm³/mol. The van der Waals surface area contributed by atoms with E-state index in [-0.39, 0.29) is 18.4 Å². The second-order valence-electron chi connectivity index (χ2n) is 7.89. The van der Waals surface area contributed by atoms with Gasteiger partial charge in [-0.2, -0.15) is 0 Å². The van der Waals surface area contributed by atoms with E-state index in [0.717, 1.165) is 28.1 Å². The van der Waals surface area contributed by atoms with Crippen LogP contribution in [0.3, 0.4) is 0 Å². The van der Waals surface area contributed by atoms with E-state index in [2.05, 4.69) is 5.32 Å². The molecule has 1 aromatic carbocycles. The van der Waals surface area contributed by atoms with Crippen LogP contribution in [0.4, 0.5) is 4.79 Å². The summed E-state index contributed by atoms with van der Waals surface area (Å²) >= 11 is 0. The standard InChI is InChI=1S/C23H32N2O6/c1-4-18(24-15-26)10-12-30-21-7-5-17(6-8-22(27)28)20-13-25(11-9-19(20)21)23(29)31-14-16(2)3/h4-5,7,15-16H,6,8-14H2,1-3H3,(H,24,26)(H,27,28)/b18-4+. The number of allylic oxidation sites excluding steroid dienone is 1. The summed E-state index contributed by atoms with van der Waals surface area (Å²) in [6, 6.07) is 3.74. The van der Waals surface area contributed by atoms with Gasteiger partial charge in [-0.05, 0) is 42.9 Å². The average Bonchev–Trinajstić information content (AvgIpc) is 2.75. The van der Waals surface area contributed by atoms with Crippen molar-refractivity contribution in [2.45, 2.75) is 53.0 Å². The van der Waals surface area contributed by atoms with Crippen LogP contribution in [0.1, 0.15) is 50.3 Å².